The molecule has 0 saturated carbocycles. The molecule has 0 bridgehead atoms. The number of benzene rings is 2. The summed E-state index contributed by atoms with van der Waals surface area (Å²) in [7, 11) is 1.63. The highest BCUT2D eigenvalue weighted by molar-refractivity contribution is 7.18. The summed E-state index contributed by atoms with van der Waals surface area (Å²) in [4.78, 5) is 26.0. The Morgan fingerprint density at radius 3 is 2.72 bits per heavy atom. The lowest BCUT2D eigenvalue weighted by molar-refractivity contribution is -0.116. The molecule has 0 saturated heterocycles. The minimum absolute atomic E-state index is 0.0440. The molecule has 2 heterocycles. The minimum Gasteiger partial charge on any atom is -0.497 e. The van der Waals surface area contributed by atoms with E-state index in [2.05, 4.69) is 10.6 Å². The number of hydrogen-bond donors (Lipinski definition) is 2. The number of rotatable bonds is 4. The molecule has 4 rings (SSSR count). The van der Waals surface area contributed by atoms with Crippen molar-refractivity contribution in [3.8, 4) is 5.75 Å². The average molecular weight is 407 g/mol. The number of hydrogen-bond acceptors (Lipinski definition) is 4. The second kappa shape index (κ2) is 7.72. The summed E-state index contributed by atoms with van der Waals surface area (Å²) in [5.41, 5.74) is 4.72. The smallest absolute Gasteiger partial charge is 0.266 e. The first-order valence-corrected chi connectivity index (χ1v) is 10.2. The summed E-state index contributed by atoms with van der Waals surface area (Å²) in [6, 6.07) is 15.4. The summed E-state index contributed by atoms with van der Waals surface area (Å²) < 4.78 is 5.35. The predicted octanol–water partition coefficient (Wildman–Crippen LogP) is 5.10. The van der Waals surface area contributed by atoms with Crippen molar-refractivity contribution in [1.82, 2.24) is 0 Å². The van der Waals surface area contributed by atoms with Crippen LogP contribution >= 0.6 is 11.3 Å². The molecular formula is C23H22N2O3S. The van der Waals surface area contributed by atoms with Gasteiger partial charge in [0.05, 0.1) is 17.0 Å². The Balaban J connectivity index is 1.72. The topological polar surface area (TPSA) is 67.4 Å². The maximum Gasteiger partial charge on any atom is 0.266 e. The van der Waals surface area contributed by atoms with Gasteiger partial charge in [0, 0.05) is 18.0 Å². The van der Waals surface area contributed by atoms with Gasteiger partial charge in [0.15, 0.2) is 0 Å². The monoisotopic (exact) mass is 406 g/mol. The molecule has 1 aromatic heterocycles. The molecule has 3 aromatic rings. The number of nitrogens with one attached hydrogen (secondary N) is 2. The largest absolute Gasteiger partial charge is 0.497 e. The third kappa shape index (κ3) is 3.63. The molecule has 0 radical (unpaired) electrons. The molecular weight excluding hydrogens is 384 g/mol. The lowest BCUT2D eigenvalue weighted by Gasteiger charge is -2.24. The summed E-state index contributed by atoms with van der Waals surface area (Å²) >= 11 is 1.33. The molecule has 1 aliphatic rings. The molecule has 6 heteroatoms. The molecule has 2 aromatic carbocycles. The first-order chi connectivity index (χ1) is 14.0. The van der Waals surface area contributed by atoms with Crippen molar-refractivity contribution in [3.05, 3.63) is 75.7 Å². The van der Waals surface area contributed by atoms with Crippen LogP contribution in [0.25, 0.3) is 0 Å². The van der Waals surface area contributed by atoms with Gasteiger partial charge >= 0.3 is 0 Å². The van der Waals surface area contributed by atoms with E-state index in [-0.39, 0.29) is 17.7 Å². The number of carbonyl (C=O) groups excluding carboxylic acids is 2. The number of para-hydroxylation sites is 1. The molecule has 29 heavy (non-hydrogen) atoms. The van der Waals surface area contributed by atoms with Gasteiger partial charge in [-0.3, -0.25) is 9.59 Å². The SMILES string of the molecule is COc1cccc(C2CC(=O)Nc3sc(C(=O)Nc4ccccc4C)c(C)c32)c1. The number of amides is 2. The van der Waals surface area contributed by atoms with E-state index in [1.54, 1.807) is 7.11 Å². The summed E-state index contributed by atoms with van der Waals surface area (Å²) in [5.74, 6) is 0.442. The molecule has 0 spiro atoms. The van der Waals surface area contributed by atoms with E-state index in [1.165, 1.54) is 11.3 Å². The van der Waals surface area contributed by atoms with Gasteiger partial charge in [0.2, 0.25) is 5.91 Å². The van der Waals surface area contributed by atoms with Crippen molar-refractivity contribution in [2.45, 2.75) is 26.2 Å². The first kappa shape index (κ1) is 19.2. The number of ether oxygens (including phenoxy) is 1. The zero-order valence-corrected chi connectivity index (χ0v) is 17.4. The second-order valence-electron chi connectivity index (χ2n) is 7.15. The number of thiophene rings is 1. The molecule has 2 amide bonds. The van der Waals surface area contributed by atoms with E-state index < -0.39 is 0 Å². The fourth-order valence-electron chi connectivity index (χ4n) is 3.76. The van der Waals surface area contributed by atoms with E-state index in [4.69, 9.17) is 4.74 Å². The number of methoxy groups -OCH3 is 1. The van der Waals surface area contributed by atoms with Crippen LogP contribution in [0.4, 0.5) is 10.7 Å². The number of anilines is 2. The third-order valence-corrected chi connectivity index (χ3v) is 6.50. The van der Waals surface area contributed by atoms with Crippen LogP contribution in [0.1, 0.15) is 44.3 Å². The molecule has 148 valence electrons. The fraction of sp³-hybridized carbons (Fsp3) is 0.217. The van der Waals surface area contributed by atoms with E-state index in [0.717, 1.165) is 38.7 Å². The van der Waals surface area contributed by atoms with Gasteiger partial charge in [-0.25, -0.2) is 0 Å². The van der Waals surface area contributed by atoms with Crippen molar-refractivity contribution >= 4 is 33.8 Å². The van der Waals surface area contributed by atoms with E-state index in [1.807, 2.05) is 62.4 Å². The van der Waals surface area contributed by atoms with Crippen molar-refractivity contribution in [3.63, 3.8) is 0 Å². The van der Waals surface area contributed by atoms with Crippen LogP contribution in [-0.2, 0) is 4.79 Å². The lowest BCUT2D eigenvalue weighted by Crippen LogP contribution is -2.22. The highest BCUT2D eigenvalue weighted by Crippen LogP contribution is 2.45. The standard InChI is InChI=1S/C23H22N2O3S/c1-13-7-4-5-10-18(13)24-22(27)21-14(2)20-17(12-19(26)25-23(20)29-21)15-8-6-9-16(11-15)28-3/h4-11,17H,12H2,1-3H3,(H,24,27)(H,25,26). The maximum atomic E-state index is 13.0. The van der Waals surface area contributed by atoms with Gasteiger partial charge in [-0.1, -0.05) is 30.3 Å². The van der Waals surface area contributed by atoms with Crippen LogP contribution < -0.4 is 15.4 Å². The number of carbonyl (C=O) groups is 2. The van der Waals surface area contributed by atoms with Gasteiger partial charge in [-0.2, -0.15) is 0 Å². The van der Waals surface area contributed by atoms with Crippen LogP contribution in [-0.4, -0.2) is 18.9 Å². The Kier molecular flexibility index (Phi) is 5.11. The van der Waals surface area contributed by atoms with Crippen LogP contribution in [0.15, 0.2) is 48.5 Å². The summed E-state index contributed by atoms with van der Waals surface area (Å²) in [6.45, 7) is 3.91. The first-order valence-electron chi connectivity index (χ1n) is 9.42. The molecule has 1 unspecified atom stereocenters. The maximum absolute atomic E-state index is 13.0. The van der Waals surface area contributed by atoms with Crippen molar-refractivity contribution < 1.29 is 14.3 Å². The van der Waals surface area contributed by atoms with Crippen molar-refractivity contribution in [2.75, 3.05) is 17.7 Å². The average Bonchev–Trinajstić information content (AvgIpc) is 3.05. The highest BCUT2D eigenvalue weighted by atomic mass is 32.1. The molecule has 0 fully saturated rings. The minimum atomic E-state index is -0.158. The Morgan fingerprint density at radius 1 is 1.17 bits per heavy atom. The van der Waals surface area contributed by atoms with Gasteiger partial charge < -0.3 is 15.4 Å². The highest BCUT2D eigenvalue weighted by Gasteiger charge is 2.33. The van der Waals surface area contributed by atoms with Gasteiger partial charge in [0.1, 0.15) is 5.75 Å². The predicted molar refractivity (Wildman–Crippen MR) is 116 cm³/mol. The van der Waals surface area contributed by atoms with Crippen molar-refractivity contribution in [2.24, 2.45) is 0 Å². The Hall–Kier alpha value is -3.12. The Morgan fingerprint density at radius 2 is 1.97 bits per heavy atom. The summed E-state index contributed by atoms with van der Waals surface area (Å²) in [5, 5.41) is 6.70. The third-order valence-electron chi connectivity index (χ3n) is 5.28. The molecule has 1 atom stereocenters. The Bertz CT molecular complexity index is 1100. The number of fused-ring (bicyclic) bond motifs is 1. The lowest BCUT2D eigenvalue weighted by atomic mass is 9.85. The van der Waals surface area contributed by atoms with E-state index >= 15 is 0 Å². The molecule has 0 aliphatic carbocycles. The van der Waals surface area contributed by atoms with Crippen LogP contribution in [0, 0.1) is 13.8 Å². The van der Waals surface area contributed by atoms with Crippen LogP contribution in [0.5, 0.6) is 5.75 Å². The Labute approximate surface area is 173 Å². The number of aryl methyl sites for hydroxylation is 1. The van der Waals surface area contributed by atoms with Crippen LogP contribution in [0.2, 0.25) is 0 Å². The van der Waals surface area contributed by atoms with E-state index in [0.29, 0.717) is 11.3 Å². The zero-order valence-electron chi connectivity index (χ0n) is 16.5. The molecule has 2 N–H and O–H groups in total. The summed E-state index contributed by atoms with van der Waals surface area (Å²) in [6.07, 6.45) is 0.344. The fourth-order valence-corrected chi connectivity index (χ4v) is 4.94. The zero-order chi connectivity index (χ0) is 20.5. The van der Waals surface area contributed by atoms with Gasteiger partial charge in [-0.05, 0) is 54.3 Å². The van der Waals surface area contributed by atoms with E-state index in [9.17, 15) is 9.59 Å². The quantitative estimate of drug-likeness (QED) is 0.633. The van der Waals surface area contributed by atoms with Crippen LogP contribution in [0.3, 0.4) is 0 Å². The normalized spacial score (nSPS) is 15.4. The van der Waals surface area contributed by atoms with Gasteiger partial charge in [-0.15, -0.1) is 11.3 Å². The molecule has 5 nitrogen and oxygen atoms in total. The van der Waals surface area contributed by atoms with Crippen molar-refractivity contribution in [1.29, 1.82) is 0 Å². The molecule has 1 aliphatic heterocycles. The second-order valence-corrected chi connectivity index (χ2v) is 8.17. The van der Waals surface area contributed by atoms with Gasteiger partial charge in [0.25, 0.3) is 5.91 Å².